The number of hydrogen-bond acceptors (Lipinski definition) is 5. The highest BCUT2D eigenvalue weighted by Gasteiger charge is 2.16. The van der Waals surface area contributed by atoms with Crippen LogP contribution in [0.1, 0.15) is 24.2 Å². The summed E-state index contributed by atoms with van der Waals surface area (Å²) in [6.07, 6.45) is 1.70. The van der Waals surface area contributed by atoms with Gasteiger partial charge in [-0.2, -0.15) is 0 Å². The first-order valence-electron chi connectivity index (χ1n) is 10.2. The van der Waals surface area contributed by atoms with Crippen LogP contribution < -0.4 is 15.4 Å². The molecule has 0 atom stereocenters. The van der Waals surface area contributed by atoms with Gasteiger partial charge in [0.05, 0.1) is 22.9 Å². The molecule has 7 heteroatoms. The first-order chi connectivity index (χ1) is 15.5. The zero-order valence-corrected chi connectivity index (χ0v) is 18.5. The number of benzene rings is 2. The molecule has 2 heterocycles. The summed E-state index contributed by atoms with van der Waals surface area (Å²) in [5.41, 5.74) is 2.73. The molecule has 0 fully saturated rings. The second kappa shape index (κ2) is 9.53. The summed E-state index contributed by atoms with van der Waals surface area (Å²) in [5, 5.41) is 6.57. The number of carbonyl (C=O) groups is 1. The molecule has 0 aliphatic heterocycles. The number of anilines is 1. The van der Waals surface area contributed by atoms with Gasteiger partial charge in [-0.1, -0.05) is 36.4 Å². The van der Waals surface area contributed by atoms with E-state index < -0.39 is 0 Å². The van der Waals surface area contributed by atoms with Crippen LogP contribution in [0.25, 0.3) is 22.2 Å². The number of aromatic nitrogens is 2. The van der Waals surface area contributed by atoms with E-state index in [0.29, 0.717) is 22.6 Å². The summed E-state index contributed by atoms with van der Waals surface area (Å²) < 4.78 is 5.81. The minimum absolute atomic E-state index is 0.0590. The minimum Gasteiger partial charge on any atom is -0.491 e. The van der Waals surface area contributed by atoms with Gasteiger partial charge in [-0.05, 0) is 62.5 Å². The number of thiocarbonyl (C=S) groups is 1. The molecule has 0 unspecified atom stereocenters. The second-order valence-electron chi connectivity index (χ2n) is 7.39. The van der Waals surface area contributed by atoms with E-state index in [1.807, 2.05) is 68.4 Å². The quantitative estimate of drug-likeness (QED) is 0.413. The number of nitrogens with one attached hydrogen (secondary N) is 2. The standard InChI is InChI=1S/C25H22N4O2S/c1-16(2)31-18-9-7-8-17(14-18)22-15-20(19-10-3-4-11-21(19)27-22)24(30)29-25(32)28-23-12-5-6-13-26-23/h3-16H,1-2H3,(H2,26,28,29,30,32). The summed E-state index contributed by atoms with van der Waals surface area (Å²) in [6, 6.07) is 22.4. The Labute approximate surface area is 191 Å². The average molecular weight is 443 g/mol. The third-order valence-electron chi connectivity index (χ3n) is 4.60. The predicted octanol–water partition coefficient (Wildman–Crippen LogP) is 5.21. The highest BCUT2D eigenvalue weighted by molar-refractivity contribution is 7.80. The van der Waals surface area contributed by atoms with E-state index in [-0.39, 0.29) is 17.1 Å². The Bertz CT molecular complexity index is 1280. The van der Waals surface area contributed by atoms with Crippen molar-refractivity contribution in [2.24, 2.45) is 0 Å². The maximum atomic E-state index is 13.1. The van der Waals surface area contributed by atoms with Gasteiger partial charge in [0.1, 0.15) is 11.6 Å². The minimum atomic E-state index is -0.326. The van der Waals surface area contributed by atoms with Crippen molar-refractivity contribution in [1.29, 1.82) is 0 Å². The molecule has 4 rings (SSSR count). The van der Waals surface area contributed by atoms with Gasteiger partial charge in [0, 0.05) is 17.1 Å². The second-order valence-corrected chi connectivity index (χ2v) is 7.80. The van der Waals surface area contributed by atoms with Crippen LogP contribution >= 0.6 is 12.2 Å². The van der Waals surface area contributed by atoms with E-state index in [1.165, 1.54) is 0 Å². The van der Waals surface area contributed by atoms with E-state index >= 15 is 0 Å². The molecule has 0 radical (unpaired) electrons. The van der Waals surface area contributed by atoms with Gasteiger partial charge in [0.25, 0.3) is 5.91 Å². The zero-order valence-electron chi connectivity index (χ0n) is 17.7. The third kappa shape index (κ3) is 5.07. The summed E-state index contributed by atoms with van der Waals surface area (Å²) in [5.74, 6) is 0.979. The van der Waals surface area contributed by atoms with Gasteiger partial charge in [0.2, 0.25) is 0 Å². The molecule has 2 N–H and O–H groups in total. The third-order valence-corrected chi connectivity index (χ3v) is 4.80. The number of para-hydroxylation sites is 1. The molecule has 32 heavy (non-hydrogen) atoms. The molecule has 1 amide bonds. The SMILES string of the molecule is CC(C)Oc1cccc(-c2cc(C(=O)NC(=S)Nc3ccccn3)c3ccccc3n2)c1. The molecule has 2 aromatic carbocycles. The van der Waals surface area contributed by atoms with Crippen LogP contribution in [-0.2, 0) is 0 Å². The highest BCUT2D eigenvalue weighted by Crippen LogP contribution is 2.27. The number of pyridine rings is 2. The normalized spacial score (nSPS) is 10.7. The first-order valence-corrected chi connectivity index (χ1v) is 10.6. The molecule has 0 saturated carbocycles. The van der Waals surface area contributed by atoms with Gasteiger partial charge < -0.3 is 10.1 Å². The maximum Gasteiger partial charge on any atom is 0.258 e. The lowest BCUT2D eigenvalue weighted by Crippen LogP contribution is -2.34. The molecule has 0 bridgehead atoms. The van der Waals surface area contributed by atoms with Crippen LogP contribution in [0, 0.1) is 0 Å². The molecule has 2 aromatic heterocycles. The van der Waals surface area contributed by atoms with Crippen LogP contribution in [0.15, 0.2) is 79.0 Å². The maximum absolute atomic E-state index is 13.1. The number of ether oxygens (including phenoxy) is 1. The molecule has 0 aliphatic rings. The molecular formula is C25H22N4O2S. The zero-order chi connectivity index (χ0) is 22.5. The van der Waals surface area contributed by atoms with Gasteiger partial charge in [-0.15, -0.1) is 0 Å². The largest absolute Gasteiger partial charge is 0.491 e. The van der Waals surface area contributed by atoms with Crippen LogP contribution in [0.2, 0.25) is 0 Å². The van der Waals surface area contributed by atoms with Crippen molar-refractivity contribution in [2.75, 3.05) is 5.32 Å². The fourth-order valence-electron chi connectivity index (χ4n) is 3.27. The number of fused-ring (bicyclic) bond motifs is 1. The number of rotatable bonds is 5. The monoisotopic (exact) mass is 442 g/mol. The van der Waals surface area contributed by atoms with Gasteiger partial charge >= 0.3 is 0 Å². The summed E-state index contributed by atoms with van der Waals surface area (Å²) in [4.78, 5) is 22.1. The van der Waals surface area contributed by atoms with Crippen molar-refractivity contribution in [1.82, 2.24) is 15.3 Å². The number of carbonyl (C=O) groups excluding carboxylic acids is 1. The van der Waals surface area contributed by atoms with Gasteiger partial charge in [-0.25, -0.2) is 9.97 Å². The van der Waals surface area contributed by atoms with E-state index in [9.17, 15) is 4.79 Å². The van der Waals surface area contributed by atoms with Crippen molar-refractivity contribution in [3.63, 3.8) is 0 Å². The molecule has 6 nitrogen and oxygen atoms in total. The van der Waals surface area contributed by atoms with E-state index in [4.69, 9.17) is 21.9 Å². The Morgan fingerprint density at radius 1 is 1.00 bits per heavy atom. The van der Waals surface area contributed by atoms with Gasteiger partial charge in [0.15, 0.2) is 5.11 Å². The number of hydrogen-bond donors (Lipinski definition) is 2. The average Bonchev–Trinajstić information content (AvgIpc) is 2.78. The summed E-state index contributed by atoms with van der Waals surface area (Å²) in [6.45, 7) is 3.95. The van der Waals surface area contributed by atoms with Crippen LogP contribution in [0.3, 0.4) is 0 Å². The van der Waals surface area contributed by atoms with Crippen LogP contribution in [0.4, 0.5) is 5.82 Å². The first kappa shape index (κ1) is 21.4. The molecule has 0 aliphatic carbocycles. The Hall–Kier alpha value is -3.84. The van der Waals surface area contributed by atoms with Gasteiger partial charge in [-0.3, -0.25) is 10.1 Å². The summed E-state index contributed by atoms with van der Waals surface area (Å²) >= 11 is 5.30. The topological polar surface area (TPSA) is 76.1 Å². The van der Waals surface area contributed by atoms with Crippen molar-refractivity contribution < 1.29 is 9.53 Å². The number of nitrogens with zero attached hydrogens (tertiary/aromatic N) is 2. The van der Waals surface area contributed by atoms with Crippen LogP contribution in [-0.4, -0.2) is 27.1 Å². The molecule has 4 aromatic rings. The van der Waals surface area contributed by atoms with Crippen LogP contribution in [0.5, 0.6) is 5.75 Å². The molecule has 160 valence electrons. The molecular weight excluding hydrogens is 420 g/mol. The fourth-order valence-corrected chi connectivity index (χ4v) is 3.46. The van der Waals surface area contributed by atoms with Crippen molar-refractivity contribution >= 4 is 40.0 Å². The van der Waals surface area contributed by atoms with Crippen molar-refractivity contribution in [3.8, 4) is 17.0 Å². The molecule has 0 spiro atoms. The smallest absolute Gasteiger partial charge is 0.258 e. The Kier molecular flexibility index (Phi) is 6.37. The fraction of sp³-hybridized carbons (Fsp3) is 0.120. The lowest BCUT2D eigenvalue weighted by Gasteiger charge is -2.13. The lowest BCUT2D eigenvalue weighted by atomic mass is 10.0. The summed E-state index contributed by atoms with van der Waals surface area (Å²) in [7, 11) is 0. The predicted molar refractivity (Wildman–Crippen MR) is 131 cm³/mol. The van der Waals surface area contributed by atoms with E-state index in [1.54, 1.807) is 24.4 Å². The van der Waals surface area contributed by atoms with E-state index in [2.05, 4.69) is 15.6 Å². The lowest BCUT2D eigenvalue weighted by molar-refractivity contribution is 0.0979. The number of amides is 1. The van der Waals surface area contributed by atoms with Crippen molar-refractivity contribution in [3.05, 3.63) is 84.6 Å². The molecule has 0 saturated heterocycles. The van der Waals surface area contributed by atoms with Crippen molar-refractivity contribution in [2.45, 2.75) is 20.0 Å². The Balaban J connectivity index is 1.67. The Morgan fingerprint density at radius 3 is 2.59 bits per heavy atom. The Morgan fingerprint density at radius 2 is 1.81 bits per heavy atom. The highest BCUT2D eigenvalue weighted by atomic mass is 32.1. The van der Waals surface area contributed by atoms with E-state index in [0.717, 1.165) is 16.7 Å².